The maximum absolute atomic E-state index is 14.7. The Morgan fingerprint density at radius 1 is 1.56 bits per heavy atom. The van der Waals surface area contributed by atoms with Gasteiger partial charge in [0.1, 0.15) is 11.5 Å². The Kier molecular flexibility index (Phi) is 6.29. The van der Waals surface area contributed by atoms with Crippen LogP contribution < -0.4 is 5.73 Å². The van der Waals surface area contributed by atoms with Crippen molar-refractivity contribution in [3.8, 4) is 0 Å². The molecule has 0 radical (unpaired) electrons. The highest BCUT2D eigenvalue weighted by Crippen LogP contribution is 2.23. The van der Waals surface area contributed by atoms with Crippen molar-refractivity contribution in [2.45, 2.75) is 44.8 Å². The van der Waals surface area contributed by atoms with Crippen LogP contribution in [0.2, 0.25) is 0 Å². The van der Waals surface area contributed by atoms with Crippen LogP contribution in [0.25, 0.3) is 0 Å². The number of halogens is 1. The molecule has 104 valence electrons. The van der Waals surface area contributed by atoms with Gasteiger partial charge >= 0.3 is 0 Å². The Hall–Kier alpha value is -0.940. The Bertz CT molecular complexity index is 343. The van der Waals surface area contributed by atoms with Crippen LogP contribution in [-0.2, 0) is 17.7 Å². The molecule has 2 N–H and O–H groups in total. The number of ether oxygens (including phenoxy) is 1. The number of nitrogens with zero attached hydrogens (tertiary/aromatic N) is 2. The Labute approximate surface area is 108 Å². The van der Waals surface area contributed by atoms with Gasteiger partial charge in [0.15, 0.2) is 0 Å². The summed E-state index contributed by atoms with van der Waals surface area (Å²) in [5.74, 6) is 0.786. The molecule has 1 aromatic rings. The summed E-state index contributed by atoms with van der Waals surface area (Å²) in [6.07, 6.45) is 5.99. The second-order valence-corrected chi connectivity index (χ2v) is 4.69. The van der Waals surface area contributed by atoms with Crippen LogP contribution in [0.3, 0.4) is 0 Å². The number of aryl methyl sites for hydroxylation is 1. The van der Waals surface area contributed by atoms with E-state index in [0.717, 1.165) is 18.8 Å². The largest absolute Gasteiger partial charge is 0.381 e. The summed E-state index contributed by atoms with van der Waals surface area (Å²) in [7, 11) is 1.52. The van der Waals surface area contributed by atoms with Crippen molar-refractivity contribution in [3.05, 3.63) is 18.2 Å². The maximum Gasteiger partial charge on any atom is 0.141 e. The van der Waals surface area contributed by atoms with Crippen LogP contribution in [0.15, 0.2) is 12.4 Å². The van der Waals surface area contributed by atoms with Crippen molar-refractivity contribution in [3.63, 3.8) is 0 Å². The van der Waals surface area contributed by atoms with E-state index >= 15 is 0 Å². The lowest BCUT2D eigenvalue weighted by atomic mass is 9.96. The minimum Gasteiger partial charge on any atom is -0.381 e. The van der Waals surface area contributed by atoms with Gasteiger partial charge in [-0.05, 0) is 25.8 Å². The third-order valence-electron chi connectivity index (χ3n) is 2.97. The minimum absolute atomic E-state index is 0.0893. The fourth-order valence-electron chi connectivity index (χ4n) is 2.12. The van der Waals surface area contributed by atoms with E-state index in [-0.39, 0.29) is 13.0 Å². The number of alkyl halides is 1. The molecular formula is C13H24FN3O. The third kappa shape index (κ3) is 4.38. The second kappa shape index (κ2) is 7.48. The summed E-state index contributed by atoms with van der Waals surface area (Å²) >= 11 is 0. The van der Waals surface area contributed by atoms with Crippen LogP contribution in [0.4, 0.5) is 4.39 Å². The summed E-state index contributed by atoms with van der Waals surface area (Å²) in [4.78, 5) is 4.25. The lowest BCUT2D eigenvalue weighted by Crippen LogP contribution is -2.33. The normalized spacial score (nSPS) is 14.7. The molecule has 0 aliphatic carbocycles. The molecule has 0 aliphatic rings. The monoisotopic (exact) mass is 257 g/mol. The Balaban J connectivity index is 2.72. The molecule has 1 aromatic heterocycles. The molecule has 1 unspecified atom stereocenters. The van der Waals surface area contributed by atoms with Gasteiger partial charge in [-0.3, -0.25) is 0 Å². The average molecular weight is 257 g/mol. The molecule has 5 heteroatoms. The van der Waals surface area contributed by atoms with Gasteiger partial charge in [-0.15, -0.1) is 0 Å². The molecule has 4 nitrogen and oxygen atoms in total. The van der Waals surface area contributed by atoms with Crippen LogP contribution >= 0.6 is 0 Å². The van der Waals surface area contributed by atoms with E-state index in [1.807, 2.05) is 10.8 Å². The van der Waals surface area contributed by atoms with Crippen molar-refractivity contribution < 1.29 is 9.13 Å². The van der Waals surface area contributed by atoms with Crippen molar-refractivity contribution >= 4 is 0 Å². The number of methoxy groups -OCH3 is 1. The van der Waals surface area contributed by atoms with Gasteiger partial charge in [-0.1, -0.05) is 6.92 Å². The number of nitrogens with two attached hydrogens (primary N) is 1. The molecule has 0 aliphatic heterocycles. The lowest BCUT2D eigenvalue weighted by molar-refractivity contribution is 0.0314. The quantitative estimate of drug-likeness (QED) is 0.735. The third-order valence-corrected chi connectivity index (χ3v) is 2.97. The fraction of sp³-hybridized carbons (Fsp3) is 0.769. The maximum atomic E-state index is 14.7. The number of aromatic nitrogens is 2. The molecule has 18 heavy (non-hydrogen) atoms. The summed E-state index contributed by atoms with van der Waals surface area (Å²) < 4.78 is 21.7. The summed E-state index contributed by atoms with van der Waals surface area (Å²) in [6, 6.07) is 0. The van der Waals surface area contributed by atoms with E-state index in [9.17, 15) is 4.39 Å². The second-order valence-electron chi connectivity index (χ2n) is 4.69. The molecule has 0 spiro atoms. The first-order valence-electron chi connectivity index (χ1n) is 6.53. The lowest BCUT2D eigenvalue weighted by Gasteiger charge is -2.24. The first-order chi connectivity index (χ1) is 8.65. The zero-order valence-electron chi connectivity index (χ0n) is 11.4. The smallest absolute Gasteiger partial charge is 0.141 e. The van der Waals surface area contributed by atoms with Gasteiger partial charge < -0.3 is 15.0 Å². The van der Waals surface area contributed by atoms with Gasteiger partial charge in [0, 0.05) is 32.5 Å². The summed E-state index contributed by atoms with van der Waals surface area (Å²) in [5.41, 5.74) is 4.08. The molecular weight excluding hydrogens is 233 g/mol. The topological polar surface area (TPSA) is 53.1 Å². The van der Waals surface area contributed by atoms with Crippen molar-refractivity contribution in [2.24, 2.45) is 5.73 Å². The number of hydrogen-bond acceptors (Lipinski definition) is 3. The highest BCUT2D eigenvalue weighted by molar-refractivity contribution is 4.99. The molecule has 1 rings (SSSR count). The molecule has 0 saturated carbocycles. The van der Waals surface area contributed by atoms with E-state index < -0.39 is 5.67 Å². The van der Waals surface area contributed by atoms with Crippen LogP contribution in [0.5, 0.6) is 0 Å². The van der Waals surface area contributed by atoms with Gasteiger partial charge in [0.2, 0.25) is 0 Å². The van der Waals surface area contributed by atoms with E-state index in [1.165, 1.54) is 7.11 Å². The first kappa shape index (κ1) is 15.1. The fourth-order valence-corrected chi connectivity index (χ4v) is 2.12. The standard InChI is InChI=1S/C13H24FN3O/c1-3-8-17-9-7-16-12(17)10-13(14,11-18-2)5-4-6-15/h7,9H,3-6,8,10-11,15H2,1-2H3. The molecule has 1 atom stereocenters. The van der Waals surface area contributed by atoms with E-state index in [1.54, 1.807) is 6.20 Å². The van der Waals surface area contributed by atoms with Gasteiger partial charge in [-0.2, -0.15) is 0 Å². The molecule has 0 aromatic carbocycles. The van der Waals surface area contributed by atoms with E-state index in [4.69, 9.17) is 10.5 Å². The minimum atomic E-state index is -1.37. The summed E-state index contributed by atoms with van der Waals surface area (Å²) in [5, 5.41) is 0. The zero-order chi connectivity index (χ0) is 13.4. The van der Waals surface area contributed by atoms with E-state index in [2.05, 4.69) is 11.9 Å². The molecule has 0 amide bonds. The van der Waals surface area contributed by atoms with Crippen LogP contribution in [-0.4, -0.2) is 35.5 Å². The molecule has 1 heterocycles. The molecule has 0 saturated heterocycles. The van der Waals surface area contributed by atoms with Crippen molar-refractivity contribution in [1.29, 1.82) is 0 Å². The number of imidazole rings is 1. The predicted octanol–water partition coefficient (Wildman–Crippen LogP) is 1.93. The predicted molar refractivity (Wildman–Crippen MR) is 70.2 cm³/mol. The Morgan fingerprint density at radius 2 is 2.33 bits per heavy atom. The van der Waals surface area contributed by atoms with Crippen molar-refractivity contribution in [2.75, 3.05) is 20.3 Å². The molecule has 0 bridgehead atoms. The Morgan fingerprint density at radius 3 is 2.94 bits per heavy atom. The van der Waals surface area contributed by atoms with Crippen LogP contribution in [0, 0.1) is 0 Å². The zero-order valence-corrected chi connectivity index (χ0v) is 11.4. The SMILES string of the molecule is CCCn1ccnc1CC(F)(CCCN)COC. The average Bonchev–Trinajstić information content (AvgIpc) is 2.75. The number of rotatable bonds is 9. The number of hydrogen-bond donors (Lipinski definition) is 1. The van der Waals surface area contributed by atoms with E-state index in [0.29, 0.717) is 19.4 Å². The van der Waals surface area contributed by atoms with Gasteiger partial charge in [0.25, 0.3) is 0 Å². The highest BCUT2D eigenvalue weighted by atomic mass is 19.1. The van der Waals surface area contributed by atoms with Gasteiger partial charge in [0.05, 0.1) is 6.61 Å². The summed E-state index contributed by atoms with van der Waals surface area (Å²) in [6.45, 7) is 3.55. The van der Waals surface area contributed by atoms with Crippen molar-refractivity contribution in [1.82, 2.24) is 9.55 Å². The first-order valence-corrected chi connectivity index (χ1v) is 6.53. The van der Waals surface area contributed by atoms with Crippen LogP contribution in [0.1, 0.15) is 32.0 Å². The molecule has 0 fully saturated rings. The highest BCUT2D eigenvalue weighted by Gasteiger charge is 2.31. The van der Waals surface area contributed by atoms with Gasteiger partial charge in [-0.25, -0.2) is 9.37 Å².